The summed E-state index contributed by atoms with van der Waals surface area (Å²) >= 11 is 0. The molecule has 5 saturated carbocycles. The van der Waals surface area contributed by atoms with Crippen molar-refractivity contribution in [1.82, 2.24) is 9.80 Å². The molecule has 1 saturated heterocycles. The van der Waals surface area contributed by atoms with E-state index in [0.717, 1.165) is 70.6 Å². The first kappa shape index (κ1) is 43.4. The number of allylic oxidation sites excluding steroid dienone is 4. The van der Waals surface area contributed by atoms with Crippen LogP contribution in [-0.4, -0.2) is 77.2 Å². The molecule has 0 radical (unpaired) electrons. The summed E-state index contributed by atoms with van der Waals surface area (Å²) in [6.45, 7) is 15.8. The second kappa shape index (κ2) is 15.2. The number of carbonyl (C=O) groups is 5. The number of likely N-dealkylation sites (N-methyl/N-ethyl adjacent to an activating group) is 2. The van der Waals surface area contributed by atoms with Gasteiger partial charge in [0, 0.05) is 62.7 Å². The second-order valence-corrected chi connectivity index (χ2v) is 22.0. The predicted molar refractivity (Wildman–Crippen MR) is 231 cm³/mol. The van der Waals surface area contributed by atoms with E-state index in [1.807, 2.05) is 31.1 Å². The van der Waals surface area contributed by atoms with Gasteiger partial charge >= 0.3 is 11.9 Å². The van der Waals surface area contributed by atoms with Crippen LogP contribution in [0.4, 0.5) is 0 Å². The van der Waals surface area contributed by atoms with Gasteiger partial charge in [0.15, 0.2) is 11.4 Å². The quantitative estimate of drug-likeness (QED) is 0.254. The number of unbranched alkanes of at least 4 members (excludes halogenated alkanes) is 1. The third-order valence-corrected chi connectivity index (χ3v) is 19.5. The maximum absolute atomic E-state index is 13.9. The van der Waals surface area contributed by atoms with Crippen LogP contribution in [0.5, 0.6) is 0 Å². The van der Waals surface area contributed by atoms with E-state index < -0.39 is 11.0 Å². The van der Waals surface area contributed by atoms with Gasteiger partial charge in [-0.05, 0) is 155 Å². The van der Waals surface area contributed by atoms with Crippen molar-refractivity contribution in [2.75, 3.05) is 20.6 Å². The molecule has 7 unspecified atom stereocenters. The summed E-state index contributed by atoms with van der Waals surface area (Å²) in [7, 11) is 3.83. The zero-order valence-corrected chi connectivity index (χ0v) is 38.3. The summed E-state index contributed by atoms with van der Waals surface area (Å²) in [5.41, 5.74) is 0.988. The summed E-state index contributed by atoms with van der Waals surface area (Å²) in [5, 5.41) is 0. The van der Waals surface area contributed by atoms with E-state index in [2.05, 4.69) is 53.7 Å². The Morgan fingerprint density at radius 3 is 2.28 bits per heavy atom. The Labute approximate surface area is 359 Å². The molecular formula is C51H74N2O7. The fourth-order valence-corrected chi connectivity index (χ4v) is 16.3. The molecule has 2 heterocycles. The third-order valence-electron chi connectivity index (χ3n) is 19.5. The molecule has 7 aliphatic carbocycles. The summed E-state index contributed by atoms with van der Waals surface area (Å²) in [4.78, 5) is 66.6. The molecule has 0 aromatic rings. The van der Waals surface area contributed by atoms with Gasteiger partial charge in [0.05, 0.1) is 0 Å². The van der Waals surface area contributed by atoms with Crippen molar-refractivity contribution in [2.45, 2.75) is 175 Å². The molecule has 330 valence electrons. The van der Waals surface area contributed by atoms with Crippen LogP contribution < -0.4 is 0 Å². The Hall–Kier alpha value is -3.23. The third kappa shape index (κ3) is 6.28. The topological polar surface area (TPSA) is 110 Å². The van der Waals surface area contributed by atoms with Crippen molar-refractivity contribution >= 4 is 29.5 Å². The number of rotatable bonds is 5. The Morgan fingerprint density at radius 2 is 1.57 bits per heavy atom. The Balaban J connectivity index is 0.000000169. The van der Waals surface area contributed by atoms with E-state index in [0.29, 0.717) is 61.4 Å². The molecule has 6 fully saturated rings. The van der Waals surface area contributed by atoms with Gasteiger partial charge in [0.1, 0.15) is 5.60 Å². The number of ketones is 1. The molecule has 13 atom stereocenters. The van der Waals surface area contributed by atoms with Crippen molar-refractivity contribution in [3.05, 3.63) is 35.5 Å². The molecule has 9 aliphatic rings. The summed E-state index contributed by atoms with van der Waals surface area (Å²) in [6, 6.07) is 0.337. The van der Waals surface area contributed by atoms with Gasteiger partial charge in [-0.1, -0.05) is 58.8 Å². The van der Waals surface area contributed by atoms with Crippen molar-refractivity contribution in [3.8, 4) is 0 Å². The second-order valence-electron chi connectivity index (χ2n) is 22.0. The lowest BCUT2D eigenvalue weighted by molar-refractivity contribution is -0.196. The lowest BCUT2D eigenvalue weighted by Crippen LogP contribution is -2.61. The van der Waals surface area contributed by atoms with E-state index in [9.17, 15) is 24.0 Å². The number of nitrogens with zero attached hydrogens (tertiary/aromatic N) is 2. The molecule has 9 nitrogen and oxygen atoms in total. The average Bonchev–Trinajstić information content (AvgIpc) is 3.65. The molecule has 9 rings (SSSR count). The fourth-order valence-electron chi connectivity index (χ4n) is 16.3. The van der Waals surface area contributed by atoms with Gasteiger partial charge in [0.2, 0.25) is 5.91 Å². The summed E-state index contributed by atoms with van der Waals surface area (Å²) in [6.07, 6.45) is 24.7. The van der Waals surface area contributed by atoms with Crippen LogP contribution in [-0.2, 0) is 33.4 Å². The van der Waals surface area contributed by atoms with Gasteiger partial charge in [-0.15, -0.1) is 0 Å². The largest absolute Gasteiger partial charge is 0.458 e. The van der Waals surface area contributed by atoms with E-state index in [1.165, 1.54) is 37.3 Å². The van der Waals surface area contributed by atoms with E-state index in [4.69, 9.17) is 9.47 Å². The van der Waals surface area contributed by atoms with Crippen molar-refractivity contribution in [1.29, 1.82) is 0 Å². The number of hydrogen-bond donors (Lipinski definition) is 0. The van der Waals surface area contributed by atoms with Crippen LogP contribution >= 0.6 is 0 Å². The summed E-state index contributed by atoms with van der Waals surface area (Å²) < 4.78 is 12.2. The number of esters is 2. The maximum Gasteiger partial charge on any atom is 0.306 e. The Bertz CT molecular complexity index is 1900. The molecule has 2 aliphatic heterocycles. The standard InChI is InChI=1S/C28H41NO4.C23H33NO3/c1-7-8-15-29(6)25(32)28(33-19(3)30)14-11-23-21-16-18(2)24-17-20(31)9-12-26(24,4)22(21)10-13-27(23,28)5;1-21-12-10-19(25)24(3)18(21)7-6-15-16(21)8-13-22(2)17(15)9-14-23(22)11-4-5-20(26)27-23/h16-17,21-23H,7-15H2,1-6H3;10,12,15-18H,4-9,11,13-14H2,1-3H3/t21?,22?,23?,26-,27+,28-;15?,16?,17?,18?,21-,22+,23+/m11/s1. The molecule has 1 spiro atoms. The van der Waals surface area contributed by atoms with Crippen molar-refractivity contribution in [3.63, 3.8) is 0 Å². The molecule has 2 amide bonds. The van der Waals surface area contributed by atoms with Crippen LogP contribution in [0.2, 0.25) is 0 Å². The first-order valence-electron chi connectivity index (χ1n) is 23.9. The van der Waals surface area contributed by atoms with Crippen LogP contribution in [0.3, 0.4) is 0 Å². The van der Waals surface area contributed by atoms with Crippen molar-refractivity contribution in [2.24, 2.45) is 57.2 Å². The number of hydrogen-bond acceptors (Lipinski definition) is 7. The minimum atomic E-state index is -1.09. The lowest BCUT2D eigenvalue weighted by Gasteiger charge is -2.61. The highest BCUT2D eigenvalue weighted by atomic mass is 16.6. The lowest BCUT2D eigenvalue weighted by atomic mass is 9.47. The fraction of sp³-hybridized carbons (Fsp3) is 0.784. The molecule has 0 aromatic carbocycles. The smallest absolute Gasteiger partial charge is 0.306 e. The Morgan fingerprint density at radius 1 is 0.867 bits per heavy atom. The molecule has 9 heteroatoms. The van der Waals surface area contributed by atoms with Crippen LogP contribution in [0.15, 0.2) is 35.5 Å². The monoisotopic (exact) mass is 827 g/mol. The van der Waals surface area contributed by atoms with Gasteiger partial charge in [0.25, 0.3) is 5.91 Å². The van der Waals surface area contributed by atoms with Crippen LogP contribution in [0, 0.1) is 57.2 Å². The molecular weight excluding hydrogens is 753 g/mol. The number of ether oxygens (including phenoxy) is 2. The molecule has 0 bridgehead atoms. The number of carbonyl (C=O) groups excluding carboxylic acids is 5. The van der Waals surface area contributed by atoms with Gasteiger partial charge in [-0.25, -0.2) is 0 Å². The van der Waals surface area contributed by atoms with Crippen molar-refractivity contribution < 1.29 is 33.4 Å². The molecule has 0 N–H and O–H groups in total. The first-order valence-corrected chi connectivity index (χ1v) is 23.9. The zero-order chi connectivity index (χ0) is 43.2. The first-order chi connectivity index (χ1) is 28.3. The summed E-state index contributed by atoms with van der Waals surface area (Å²) in [5.74, 6) is 3.08. The number of amides is 2. The van der Waals surface area contributed by atoms with E-state index in [1.54, 1.807) is 4.90 Å². The minimum Gasteiger partial charge on any atom is -0.458 e. The molecule has 0 aromatic heterocycles. The highest BCUT2D eigenvalue weighted by molar-refractivity contribution is 5.93. The highest BCUT2D eigenvalue weighted by Crippen LogP contribution is 2.70. The minimum absolute atomic E-state index is 0.00729. The molecule has 60 heavy (non-hydrogen) atoms. The average molecular weight is 827 g/mol. The van der Waals surface area contributed by atoms with Crippen LogP contribution in [0.25, 0.3) is 0 Å². The highest BCUT2D eigenvalue weighted by Gasteiger charge is 2.70. The van der Waals surface area contributed by atoms with Gasteiger partial charge in [-0.2, -0.15) is 0 Å². The number of fused-ring (bicyclic) bond motifs is 11. The van der Waals surface area contributed by atoms with Gasteiger partial charge < -0.3 is 19.3 Å². The zero-order valence-electron chi connectivity index (χ0n) is 38.3. The van der Waals surface area contributed by atoms with E-state index >= 15 is 0 Å². The normalized spacial score (nSPS) is 45.0. The van der Waals surface area contributed by atoms with Crippen LogP contribution in [0.1, 0.15) is 158 Å². The Kier molecular flexibility index (Phi) is 11.0. The predicted octanol–water partition coefficient (Wildman–Crippen LogP) is 9.34. The SMILES string of the molecule is CCCCN(C)C(=O)[C@]1(OC(C)=O)CCC2C3C=C(C)C4=CC(=O)CC[C@]4(C)C3CC[C@@]21C.CN1C(=O)C=C[C@]2(C)C3CC[C@@]4(C)C(CC[C@@]45CCCC(=O)O5)C3CCC12. The maximum atomic E-state index is 13.9. The van der Waals surface area contributed by atoms with Gasteiger partial charge in [-0.3, -0.25) is 24.0 Å². The van der Waals surface area contributed by atoms with E-state index in [-0.39, 0.29) is 57.3 Å².